The molecule has 7 heterocycles. The first-order valence-corrected chi connectivity index (χ1v) is 27.8. The lowest BCUT2D eigenvalue weighted by atomic mass is 10.1. The standard InChI is InChI=1S/C28H32N8O4.C16H22N8O.C14H13N3O3/c1-18(2)23-17-30-35-25(23)32-28(40-22-12-14-34(3)15-13-22)33-27(35)29-16-20-6-4-5-7-24(20)31-26(37)19-8-10-21(11-9-19)36(38)39;1-11(2)13-8-18-24-14(13)20-15(21-16(24)23-10-17-9-19-23)25-12-4-6-22(3)7-5-12;15-9-11-3-1-2-4-13(11)16-14(18)10-5-7-12(8-6-10)17(19)20/h4-11,17-18,22H,12-16H2,1-3H3,(H,31,37)(H,29,32,33);8-12H,4-7H2,1-3H3;1-8H,9,15H2,(H,16,18). The van der Waals surface area contributed by atoms with E-state index in [9.17, 15) is 29.8 Å². The minimum Gasteiger partial charge on any atom is -0.460 e. The predicted octanol–water partition coefficient (Wildman–Crippen LogP) is 8.10. The molecule has 27 heteroatoms. The number of likely N-dealkylation sites (tertiary alicyclic amines) is 2. The summed E-state index contributed by atoms with van der Waals surface area (Å²) in [6, 6.07) is 26.2. The van der Waals surface area contributed by atoms with Crippen LogP contribution in [0.25, 0.3) is 17.2 Å². The van der Waals surface area contributed by atoms with Crippen molar-refractivity contribution in [3.63, 3.8) is 0 Å². The maximum absolute atomic E-state index is 12.9. The van der Waals surface area contributed by atoms with Crippen molar-refractivity contribution >= 4 is 51.8 Å². The van der Waals surface area contributed by atoms with Crippen LogP contribution in [0.1, 0.15) is 108 Å². The van der Waals surface area contributed by atoms with E-state index < -0.39 is 9.85 Å². The molecule has 4 aromatic carbocycles. The third-order valence-electron chi connectivity index (χ3n) is 14.3. The molecule has 0 bridgehead atoms. The number of hydrogen-bond donors (Lipinski definition) is 4. The first kappa shape index (κ1) is 59.8. The normalized spacial score (nSPS) is 14.1. The lowest BCUT2D eigenvalue weighted by Gasteiger charge is -2.28. The number of fused-ring (bicyclic) bond motifs is 2. The van der Waals surface area contributed by atoms with Gasteiger partial charge in [-0.3, -0.25) is 29.8 Å². The fourth-order valence-electron chi connectivity index (χ4n) is 9.38. The summed E-state index contributed by atoms with van der Waals surface area (Å²) in [6.07, 6.45) is 10.6. The Labute approximate surface area is 488 Å². The highest BCUT2D eigenvalue weighted by atomic mass is 16.6. The summed E-state index contributed by atoms with van der Waals surface area (Å²) in [5.41, 5.74) is 12.5. The molecule has 2 aliphatic heterocycles. The number of hydrogen-bond acceptors (Lipinski definition) is 20. The largest absolute Gasteiger partial charge is 0.460 e. The Morgan fingerprint density at radius 1 is 0.624 bits per heavy atom. The van der Waals surface area contributed by atoms with E-state index in [4.69, 9.17) is 20.2 Å². The van der Waals surface area contributed by atoms with Crippen LogP contribution < -0.4 is 31.2 Å². The third kappa shape index (κ3) is 15.0. The molecule has 442 valence electrons. The number of rotatable bonds is 17. The lowest BCUT2D eigenvalue weighted by Crippen LogP contribution is -2.36. The summed E-state index contributed by atoms with van der Waals surface area (Å²) in [6.45, 7) is 13.0. The molecule has 5 aromatic heterocycles. The molecule has 2 amide bonds. The third-order valence-corrected chi connectivity index (χ3v) is 14.3. The first-order valence-electron chi connectivity index (χ1n) is 27.8. The van der Waals surface area contributed by atoms with Crippen LogP contribution >= 0.6 is 0 Å². The molecule has 2 saturated heterocycles. The number of nitrogens with one attached hydrogen (secondary N) is 3. The van der Waals surface area contributed by atoms with Crippen LogP contribution in [0.5, 0.6) is 12.0 Å². The summed E-state index contributed by atoms with van der Waals surface area (Å²) in [7, 11) is 4.23. The van der Waals surface area contributed by atoms with Gasteiger partial charge in [-0.2, -0.15) is 48.9 Å². The zero-order valence-electron chi connectivity index (χ0n) is 48.0. The van der Waals surface area contributed by atoms with Crippen molar-refractivity contribution in [2.24, 2.45) is 5.73 Å². The second kappa shape index (κ2) is 27.5. The van der Waals surface area contributed by atoms with Gasteiger partial charge >= 0.3 is 12.0 Å². The second-order valence-electron chi connectivity index (χ2n) is 21.1. The molecule has 27 nitrogen and oxygen atoms in total. The summed E-state index contributed by atoms with van der Waals surface area (Å²) in [5.74, 6) is 0.822. The van der Waals surface area contributed by atoms with E-state index in [0.29, 0.717) is 71.1 Å². The second-order valence-corrected chi connectivity index (χ2v) is 21.1. The Balaban J connectivity index is 0.000000164. The van der Waals surface area contributed by atoms with Crippen molar-refractivity contribution < 1.29 is 28.9 Å². The van der Waals surface area contributed by atoms with Crippen LogP contribution in [0.4, 0.5) is 28.7 Å². The number of carbonyl (C=O) groups excluding carboxylic acids is 2. The molecule has 11 rings (SSSR count). The summed E-state index contributed by atoms with van der Waals surface area (Å²) in [4.78, 5) is 72.5. The van der Waals surface area contributed by atoms with Crippen LogP contribution in [0, 0.1) is 20.2 Å². The van der Waals surface area contributed by atoms with Crippen LogP contribution in [-0.4, -0.2) is 138 Å². The van der Waals surface area contributed by atoms with E-state index in [0.717, 1.165) is 79.8 Å². The number of nitro groups is 2. The number of ether oxygens (including phenoxy) is 2. The van der Waals surface area contributed by atoms with E-state index in [1.54, 1.807) is 44.4 Å². The van der Waals surface area contributed by atoms with E-state index >= 15 is 0 Å². The molecule has 0 spiro atoms. The maximum atomic E-state index is 12.9. The average molecular weight is 1160 g/mol. The van der Waals surface area contributed by atoms with Gasteiger partial charge in [0.15, 0.2) is 11.3 Å². The number of para-hydroxylation sites is 2. The molecule has 0 aliphatic carbocycles. The Morgan fingerprint density at radius 3 is 1.55 bits per heavy atom. The number of nitrogens with zero attached hydrogens (tertiary/aromatic N) is 15. The molecule has 2 fully saturated rings. The molecular formula is C58H67N19O8. The molecule has 9 aromatic rings. The van der Waals surface area contributed by atoms with Gasteiger partial charge in [-0.15, -0.1) is 0 Å². The fraction of sp³-hybridized carbons (Fsp3) is 0.345. The maximum Gasteiger partial charge on any atom is 0.322 e. The zero-order chi connectivity index (χ0) is 60.1. The van der Waals surface area contributed by atoms with Gasteiger partial charge in [0.2, 0.25) is 5.95 Å². The number of piperidine rings is 2. The van der Waals surface area contributed by atoms with Crippen molar-refractivity contribution in [3.05, 3.63) is 176 Å². The number of non-ortho nitro benzene ring substituents is 2. The van der Waals surface area contributed by atoms with Crippen molar-refractivity contribution in [2.45, 2.75) is 90.5 Å². The van der Waals surface area contributed by atoms with Crippen molar-refractivity contribution in [1.82, 2.24) is 63.7 Å². The number of aromatic nitrogens is 11. The molecule has 0 unspecified atom stereocenters. The Kier molecular flexibility index (Phi) is 19.3. The molecule has 0 saturated carbocycles. The van der Waals surface area contributed by atoms with Crippen molar-refractivity contribution in [2.75, 3.05) is 56.2 Å². The highest BCUT2D eigenvalue weighted by molar-refractivity contribution is 6.05. The van der Waals surface area contributed by atoms with E-state index in [2.05, 4.69) is 103 Å². The van der Waals surface area contributed by atoms with E-state index in [1.807, 2.05) is 36.5 Å². The Hall–Kier alpha value is -9.86. The van der Waals surface area contributed by atoms with Gasteiger partial charge in [0, 0.05) is 97.2 Å². The van der Waals surface area contributed by atoms with Crippen LogP contribution in [0.3, 0.4) is 0 Å². The number of amides is 2. The number of carbonyl (C=O) groups is 2. The van der Waals surface area contributed by atoms with Gasteiger partial charge in [-0.25, -0.2) is 4.98 Å². The number of anilines is 3. The predicted molar refractivity (Wildman–Crippen MR) is 317 cm³/mol. The van der Waals surface area contributed by atoms with Crippen LogP contribution in [0.15, 0.2) is 122 Å². The van der Waals surface area contributed by atoms with Crippen molar-refractivity contribution in [1.29, 1.82) is 0 Å². The monoisotopic (exact) mass is 1160 g/mol. The molecule has 2 aliphatic rings. The van der Waals surface area contributed by atoms with Gasteiger partial charge in [-0.05, 0) is 99.1 Å². The number of nitro benzene ring substituents is 2. The topological polar surface area (TPSA) is 324 Å². The van der Waals surface area contributed by atoms with Crippen LogP contribution in [-0.2, 0) is 13.1 Å². The lowest BCUT2D eigenvalue weighted by molar-refractivity contribution is -0.385. The van der Waals surface area contributed by atoms with Crippen molar-refractivity contribution in [3.8, 4) is 18.0 Å². The SMILES string of the molecule is CC(C)c1cnn2c(-n3cncn3)nc(OC3CCN(C)CC3)nc12.CC(C)c1cnn2c(NCc3ccccc3NC(=O)c3ccc([N+](=O)[O-])cc3)nc(OC3CCN(C)CC3)nc12.NCc1ccccc1NC(=O)c1ccc([N+](=O)[O-])cc1. The average Bonchev–Trinajstić information content (AvgIpc) is 2.57. The molecule has 85 heavy (non-hydrogen) atoms. The van der Waals surface area contributed by atoms with E-state index in [1.165, 1.54) is 54.9 Å². The first-order chi connectivity index (χ1) is 41.0. The van der Waals surface area contributed by atoms with Gasteiger partial charge < -0.3 is 41.0 Å². The summed E-state index contributed by atoms with van der Waals surface area (Å²) in [5, 5.41) is 43.6. The highest BCUT2D eigenvalue weighted by Crippen LogP contribution is 2.28. The molecule has 0 atom stereocenters. The van der Waals surface area contributed by atoms with Gasteiger partial charge in [0.25, 0.3) is 29.1 Å². The molecule has 5 N–H and O–H groups in total. The summed E-state index contributed by atoms with van der Waals surface area (Å²) >= 11 is 0. The zero-order valence-corrected chi connectivity index (χ0v) is 48.0. The fourth-order valence-corrected chi connectivity index (χ4v) is 9.38. The van der Waals surface area contributed by atoms with E-state index in [-0.39, 0.29) is 41.3 Å². The minimum atomic E-state index is -0.509. The van der Waals surface area contributed by atoms with Gasteiger partial charge in [0.1, 0.15) is 24.9 Å². The Bertz CT molecular complexity index is 3740. The smallest absolute Gasteiger partial charge is 0.322 e. The number of benzene rings is 4. The quantitative estimate of drug-likeness (QED) is 0.0494. The molecular weight excluding hydrogens is 1090 g/mol. The summed E-state index contributed by atoms with van der Waals surface area (Å²) < 4.78 is 17.3. The Morgan fingerprint density at radius 2 is 1.08 bits per heavy atom. The van der Waals surface area contributed by atoms with Gasteiger partial charge in [0.05, 0.1) is 22.2 Å². The van der Waals surface area contributed by atoms with Crippen LogP contribution in [0.2, 0.25) is 0 Å². The minimum absolute atomic E-state index is 0.0484. The molecule has 0 radical (unpaired) electrons. The number of nitrogens with two attached hydrogens (primary N) is 1. The van der Waals surface area contributed by atoms with Gasteiger partial charge in [-0.1, -0.05) is 64.1 Å². The highest BCUT2D eigenvalue weighted by Gasteiger charge is 2.25.